The Balaban J connectivity index is 0.000000839. The van der Waals surface area contributed by atoms with Crippen LogP contribution >= 0.6 is 34.5 Å². The van der Waals surface area contributed by atoms with Gasteiger partial charge in [0.1, 0.15) is 84.9 Å². The van der Waals surface area contributed by atoms with E-state index in [0.29, 0.717) is 63.4 Å². The van der Waals surface area contributed by atoms with Crippen LogP contribution in [0.15, 0.2) is 155 Å². The lowest BCUT2D eigenvalue weighted by molar-refractivity contribution is -0.138. The Bertz CT molecular complexity index is 5110. The Kier molecular flexibility index (Phi) is 56.7. The lowest BCUT2D eigenvalue weighted by Crippen LogP contribution is -2.47. The molecule has 6 atom stereocenters. The van der Waals surface area contributed by atoms with Crippen LogP contribution in [0.25, 0.3) is 0 Å². The van der Waals surface area contributed by atoms with Crippen LogP contribution in [0, 0.1) is 52.2 Å². The minimum absolute atomic E-state index is 0.00124. The molecule has 3 heterocycles. The van der Waals surface area contributed by atoms with Gasteiger partial charge in [0, 0.05) is 78.5 Å². The molecule has 2 aliphatic heterocycles. The van der Waals surface area contributed by atoms with Crippen molar-refractivity contribution < 1.29 is 141 Å². The summed E-state index contributed by atoms with van der Waals surface area (Å²) in [6.07, 6.45) is -11.8. The number of ether oxygens (including phenoxy) is 6. The number of alkyl halides is 9. The Morgan fingerprint density at radius 1 is 0.532 bits per heavy atom. The molecule has 0 bridgehead atoms. The number of aliphatic hydroxyl groups is 4. The molecular formula is C97H123BCl2F9N9O21S2. The van der Waals surface area contributed by atoms with Crippen molar-refractivity contribution >= 4 is 104 Å². The highest BCUT2D eigenvalue weighted by Gasteiger charge is 2.41. The lowest BCUT2D eigenvalue weighted by atomic mass is 9.84. The van der Waals surface area contributed by atoms with E-state index in [2.05, 4.69) is 39.3 Å². The summed E-state index contributed by atoms with van der Waals surface area (Å²) in [4.78, 5) is 90.7. The summed E-state index contributed by atoms with van der Waals surface area (Å²) in [5.74, 6) is -0.452. The molecule has 0 unspecified atom stereocenters. The Hall–Kier alpha value is -11.5. The van der Waals surface area contributed by atoms with Crippen molar-refractivity contribution in [1.82, 2.24) is 20.7 Å². The van der Waals surface area contributed by atoms with Crippen molar-refractivity contribution in [3.63, 3.8) is 0 Å². The van der Waals surface area contributed by atoms with E-state index in [1.54, 1.807) is 126 Å². The first kappa shape index (κ1) is 127. The van der Waals surface area contributed by atoms with Crippen molar-refractivity contribution in [3.8, 4) is 53.0 Å². The fraction of sp³-hybridized carbons (Fsp3) is 0.485. The number of hydrogen-bond donors (Lipinski definition) is 11. The first-order chi connectivity index (χ1) is 65.7. The Morgan fingerprint density at radius 2 is 0.865 bits per heavy atom. The molecule has 141 heavy (non-hydrogen) atoms. The predicted molar refractivity (Wildman–Crippen MR) is 513 cm³/mol. The second-order valence-corrected chi connectivity index (χ2v) is 37.9. The first-order valence-corrected chi connectivity index (χ1v) is 46.7. The molecule has 1 aromatic heterocycles. The number of rotatable bonds is 40. The van der Waals surface area contributed by atoms with Gasteiger partial charge in [0.15, 0.2) is 22.9 Å². The summed E-state index contributed by atoms with van der Waals surface area (Å²) in [5, 5.41) is 96.0. The van der Waals surface area contributed by atoms with Crippen molar-refractivity contribution in [3.05, 3.63) is 188 Å². The molecule has 12 N–H and O–H groups in total. The third kappa shape index (κ3) is 51.1. The third-order valence-electron chi connectivity index (χ3n) is 19.9. The number of thiophene rings is 1. The zero-order valence-electron chi connectivity index (χ0n) is 80.6. The summed E-state index contributed by atoms with van der Waals surface area (Å²) in [5.41, 5.74) is 5.05. The molecule has 774 valence electrons. The summed E-state index contributed by atoms with van der Waals surface area (Å²) in [6.45, 7) is 20.9. The van der Waals surface area contributed by atoms with Crippen molar-refractivity contribution in [2.24, 2.45) is 5.73 Å². The van der Waals surface area contributed by atoms with E-state index in [1.807, 2.05) is 81.4 Å². The molecular weight excluding hydrogens is 1940 g/mol. The highest BCUT2D eigenvalue weighted by molar-refractivity contribution is 7.84. The average Bonchev–Trinajstić information content (AvgIpc) is 1.56. The van der Waals surface area contributed by atoms with E-state index in [-0.39, 0.29) is 106 Å². The van der Waals surface area contributed by atoms with E-state index in [4.69, 9.17) is 99.0 Å². The summed E-state index contributed by atoms with van der Waals surface area (Å²) < 4.78 is 155. The molecule has 5 aromatic carbocycles. The molecule has 2 aliphatic rings. The number of nitrogens with zero attached hydrogens (tertiary/aromatic N) is 4. The Labute approximate surface area is 831 Å². The normalized spacial score (nSPS) is 15.7. The quantitative estimate of drug-likeness (QED) is 0.00559. The number of Topliss-reactive ketones (excluding diaryl/α,β-unsaturated/α-hetero) is 3. The molecule has 0 saturated carbocycles. The van der Waals surface area contributed by atoms with Gasteiger partial charge in [-0.25, -0.2) is 8.93 Å². The van der Waals surface area contributed by atoms with Gasteiger partial charge in [-0.15, -0.1) is 11.3 Å². The highest BCUT2D eigenvalue weighted by Crippen LogP contribution is 2.39. The fourth-order valence-electron chi connectivity index (χ4n) is 12.3. The Morgan fingerprint density at radius 3 is 1.15 bits per heavy atom. The maximum atomic E-state index is 12.6. The summed E-state index contributed by atoms with van der Waals surface area (Å²) in [7, 11) is -1.42. The van der Waals surface area contributed by atoms with E-state index in [9.17, 15) is 87.2 Å². The van der Waals surface area contributed by atoms with Gasteiger partial charge in [-0.3, -0.25) is 38.4 Å². The second-order valence-electron chi connectivity index (χ2n) is 33.8. The minimum Gasteiger partial charge on any atom is -0.511 e. The lowest BCUT2D eigenvalue weighted by Gasteiger charge is -2.34. The van der Waals surface area contributed by atoms with Crippen LogP contribution in [0.2, 0.25) is 0 Å². The third-order valence-corrected chi connectivity index (χ3v) is 23.2. The van der Waals surface area contributed by atoms with Crippen LogP contribution in [0.1, 0.15) is 218 Å². The van der Waals surface area contributed by atoms with Gasteiger partial charge in [-0.2, -0.15) is 60.6 Å². The number of amides is 3. The van der Waals surface area contributed by atoms with Gasteiger partial charge < -0.3 is 80.6 Å². The van der Waals surface area contributed by atoms with Gasteiger partial charge in [0.2, 0.25) is 11.1 Å². The monoisotopic (exact) mass is 2070 g/mol. The van der Waals surface area contributed by atoms with Crippen molar-refractivity contribution in [2.75, 3.05) is 60.0 Å². The molecule has 3 amide bonds. The van der Waals surface area contributed by atoms with Crippen LogP contribution in [0.5, 0.6) is 28.7 Å². The van der Waals surface area contributed by atoms with E-state index in [1.165, 1.54) is 37.5 Å². The van der Waals surface area contributed by atoms with E-state index in [0.717, 1.165) is 53.2 Å². The second kappa shape index (κ2) is 62.7. The number of nitrogens with two attached hydrogens (primary N) is 1. The number of esters is 1. The number of hydrogen-bond acceptors (Lipinski definition) is 27. The smallest absolute Gasteiger partial charge is 0.499 e. The number of nitrogens with one attached hydrogen (secondary N) is 4. The van der Waals surface area contributed by atoms with Gasteiger partial charge >= 0.3 is 31.6 Å². The number of carbonyl (C=O) groups excluding carboxylic acids is 8. The zero-order chi connectivity index (χ0) is 107. The average molecular weight is 2070 g/mol. The van der Waals surface area contributed by atoms with Crippen LogP contribution < -0.4 is 54.9 Å². The standard InChI is InChI=1S/C19H28F3NO4S.C18H21F3N2O4.C17H19ClN2O2.C17H20N2O3.C15H20F3NO3.C5H7BO2S.C3H2ClNO.C3H6O2/c1-17(2,3)28(26)23-18(4,12-15(25)13-24)14-6-8-16(9-7-14)27-11-5-10-19(20,21)22;1-17(11-14(25)12-24,23-16(26)7-9-22)13-3-5-15(6-4-13)27-10-2-8-18(19,20)21;1-3-4-9-22-13-7-5-12(6-8-13)17(2)10-15(18)14(11-19)16(21)20-17;1-3-4-9-22-13-7-5-12(6-8-13)17(2)10-15(20)14(11-18)16(21)19-17;1-14(19,9-12(21)10-20)11-3-5-13(6-4-11)22-8-2-7-15(16,17)18;1-4-2-3-5(9-4)6(7)8;4-3(6)1-2-5;1-3(4)5-2/h6-9,23-24H,5,10-13H2,1-4H3;3-6,24H,2,7-8,10-12H2,1H3,(H,23,26);5-8H,3-4,9-10H2,1-2H3,(H,20,21);5-8,20H,3-4,9-10H2,1-2H3,(H,19,21);3-6,20H,2,7-10,19H2,1H3;2-3,7-8H,1H3;1H2;1-2H3/t18-,28+;3*17-;14-;;;/m10000.../s1. The van der Waals surface area contributed by atoms with Gasteiger partial charge in [-0.1, -0.05) is 105 Å². The maximum Gasteiger partial charge on any atom is 0.499 e. The van der Waals surface area contributed by atoms with Crippen LogP contribution in [0.4, 0.5) is 39.5 Å². The topological polar surface area (TPSA) is 500 Å². The first-order valence-electron chi connectivity index (χ1n) is 43.9. The number of aryl methyl sites for hydroxylation is 1. The highest BCUT2D eigenvalue weighted by atomic mass is 35.5. The minimum atomic E-state index is -4.23. The van der Waals surface area contributed by atoms with Gasteiger partial charge in [0.25, 0.3) is 11.8 Å². The summed E-state index contributed by atoms with van der Waals surface area (Å²) >= 11 is 12.2. The molecule has 0 radical (unpaired) electrons. The number of methoxy groups -OCH3 is 1. The number of unbranched alkanes of at least 4 members (excludes halogenated alkanes) is 2. The zero-order valence-corrected chi connectivity index (χ0v) is 83.7. The van der Waals surface area contributed by atoms with Crippen LogP contribution in [-0.2, 0) is 81.8 Å². The SMILES string of the molecule is CC(C)(C)[S@](=O)N[C@](C)(CC(=O)CO)c1ccc(OCCCC(F)(F)F)cc1.CCCCOc1ccc([C@]2(C)CC(Cl)=C(C#N)C(=O)N2)cc1.CCCCOc1ccc([C@]2(C)CC(O)=C(C#N)C(=O)N2)cc1.COC(C)=O.C[C@@](CC(=O)CO)(NC(=O)CC#N)c1ccc(OCCCC(F)(F)F)cc1.C[C@](N)(CC(=O)CO)c1ccc(OCCCC(F)(F)F)cc1.Cc1ccc(B(O)O)s1.N#CCC(=O)Cl. The maximum absolute atomic E-state index is 12.6. The number of nitriles is 4. The molecule has 8 rings (SSSR count). The largest absolute Gasteiger partial charge is 0.511 e. The number of aliphatic hydroxyl groups excluding tert-OH is 4. The fourth-order valence-corrected chi connectivity index (χ4v) is 14.5. The van der Waals surface area contributed by atoms with E-state index >= 15 is 0 Å². The predicted octanol–water partition coefficient (Wildman–Crippen LogP) is 15.9. The van der Waals surface area contributed by atoms with Crippen molar-refractivity contribution in [1.29, 1.82) is 21.0 Å². The molecule has 0 fully saturated rings. The molecule has 0 aliphatic carbocycles. The van der Waals surface area contributed by atoms with Gasteiger partial charge in [0.05, 0.1) is 90.2 Å². The number of ketones is 3. The van der Waals surface area contributed by atoms with Crippen LogP contribution in [0.3, 0.4) is 0 Å². The molecule has 0 saturated heterocycles. The molecule has 30 nitrogen and oxygen atoms in total. The van der Waals surface area contributed by atoms with E-state index < -0.39 is 143 Å². The van der Waals surface area contributed by atoms with Crippen LogP contribution in [-0.4, -0.2) is 171 Å². The molecule has 0 spiro atoms. The number of halogens is 11. The number of benzene rings is 5. The molecule has 6 aromatic rings. The van der Waals surface area contributed by atoms with Gasteiger partial charge in [-0.05, 0) is 201 Å². The van der Waals surface area contributed by atoms with Crippen molar-refractivity contribution in [2.45, 2.75) is 243 Å². The summed E-state index contributed by atoms with van der Waals surface area (Å²) in [6, 6.07) is 44.7. The molecule has 44 heteroatoms. The number of carbonyl (C=O) groups is 8.